The van der Waals surface area contributed by atoms with Crippen LogP contribution in [-0.2, 0) is 4.74 Å². The molecule has 0 atom stereocenters. The lowest BCUT2D eigenvalue weighted by molar-refractivity contribution is 0.122. The fourth-order valence-corrected chi connectivity index (χ4v) is 3.65. The number of aromatic nitrogens is 5. The van der Waals surface area contributed by atoms with Gasteiger partial charge in [-0.25, -0.2) is 24.9 Å². The number of hydrogen-bond donors (Lipinski definition) is 2. The summed E-state index contributed by atoms with van der Waals surface area (Å²) in [6.07, 6.45) is 5.32. The SMILES string of the molecule is CNc1nc(C)c(-c2ccnc(Nc3ncc(N4CCOCC4)cn3)n2)s1. The monoisotopic (exact) mass is 384 g/mol. The third kappa shape index (κ3) is 3.96. The highest BCUT2D eigenvalue weighted by molar-refractivity contribution is 7.19. The molecule has 0 unspecified atom stereocenters. The van der Waals surface area contributed by atoms with Crippen molar-refractivity contribution in [2.45, 2.75) is 6.92 Å². The van der Waals surface area contributed by atoms with Crippen molar-refractivity contribution < 1.29 is 4.74 Å². The van der Waals surface area contributed by atoms with E-state index in [0.717, 1.165) is 53.4 Å². The second-order valence-corrected chi connectivity index (χ2v) is 6.94. The van der Waals surface area contributed by atoms with Gasteiger partial charge in [0.15, 0.2) is 5.13 Å². The molecule has 9 nitrogen and oxygen atoms in total. The van der Waals surface area contributed by atoms with Gasteiger partial charge in [0, 0.05) is 26.3 Å². The number of nitrogens with one attached hydrogen (secondary N) is 2. The van der Waals surface area contributed by atoms with Gasteiger partial charge in [-0.15, -0.1) is 0 Å². The molecule has 0 saturated carbocycles. The maximum atomic E-state index is 5.37. The van der Waals surface area contributed by atoms with Crippen LogP contribution in [0.2, 0.25) is 0 Å². The van der Waals surface area contributed by atoms with Crippen LogP contribution in [0.25, 0.3) is 10.6 Å². The molecule has 1 fully saturated rings. The van der Waals surface area contributed by atoms with Gasteiger partial charge in [-0.2, -0.15) is 0 Å². The van der Waals surface area contributed by atoms with E-state index in [1.807, 2.05) is 20.0 Å². The molecule has 4 heterocycles. The van der Waals surface area contributed by atoms with Gasteiger partial charge in [0.05, 0.1) is 47.6 Å². The second kappa shape index (κ2) is 7.80. The fourth-order valence-electron chi connectivity index (χ4n) is 2.76. The highest BCUT2D eigenvalue weighted by Crippen LogP contribution is 2.31. The van der Waals surface area contributed by atoms with Gasteiger partial charge in [-0.05, 0) is 13.0 Å². The fraction of sp³-hybridized carbons (Fsp3) is 0.353. The van der Waals surface area contributed by atoms with E-state index < -0.39 is 0 Å². The van der Waals surface area contributed by atoms with E-state index in [1.54, 1.807) is 29.9 Å². The largest absolute Gasteiger partial charge is 0.378 e. The van der Waals surface area contributed by atoms with Crippen LogP contribution in [0, 0.1) is 6.92 Å². The van der Waals surface area contributed by atoms with Crippen molar-refractivity contribution in [3.05, 3.63) is 30.4 Å². The summed E-state index contributed by atoms with van der Waals surface area (Å²) in [6, 6.07) is 1.87. The molecule has 0 aromatic carbocycles. The van der Waals surface area contributed by atoms with E-state index >= 15 is 0 Å². The molecular formula is C17H20N8OS. The molecule has 4 rings (SSSR count). The number of hydrogen-bond acceptors (Lipinski definition) is 10. The van der Waals surface area contributed by atoms with Crippen molar-refractivity contribution in [2.75, 3.05) is 48.9 Å². The Morgan fingerprint density at radius 2 is 1.85 bits per heavy atom. The van der Waals surface area contributed by atoms with Gasteiger partial charge in [-0.1, -0.05) is 11.3 Å². The zero-order valence-electron chi connectivity index (χ0n) is 15.1. The van der Waals surface area contributed by atoms with Crippen LogP contribution in [0.1, 0.15) is 5.69 Å². The summed E-state index contributed by atoms with van der Waals surface area (Å²) in [6.45, 7) is 5.13. The molecule has 27 heavy (non-hydrogen) atoms. The zero-order chi connectivity index (χ0) is 18.6. The Morgan fingerprint density at radius 3 is 2.56 bits per heavy atom. The Bertz CT molecular complexity index is 908. The van der Waals surface area contributed by atoms with Gasteiger partial charge >= 0.3 is 0 Å². The first kappa shape index (κ1) is 17.6. The summed E-state index contributed by atoms with van der Waals surface area (Å²) >= 11 is 1.56. The summed E-state index contributed by atoms with van der Waals surface area (Å²) < 4.78 is 5.37. The maximum Gasteiger partial charge on any atom is 0.230 e. The quantitative estimate of drug-likeness (QED) is 0.686. The van der Waals surface area contributed by atoms with Crippen molar-refractivity contribution >= 4 is 34.1 Å². The maximum absolute atomic E-state index is 5.37. The van der Waals surface area contributed by atoms with Crippen LogP contribution < -0.4 is 15.5 Å². The van der Waals surface area contributed by atoms with Gasteiger partial charge in [0.1, 0.15) is 0 Å². The molecule has 0 amide bonds. The lowest BCUT2D eigenvalue weighted by atomic mass is 10.3. The molecule has 10 heteroatoms. The number of ether oxygens (including phenoxy) is 1. The molecule has 1 saturated heterocycles. The van der Waals surface area contributed by atoms with Crippen LogP contribution in [0.5, 0.6) is 0 Å². The number of anilines is 4. The molecule has 0 aliphatic carbocycles. The summed E-state index contributed by atoms with van der Waals surface area (Å²) in [7, 11) is 1.85. The summed E-state index contributed by atoms with van der Waals surface area (Å²) in [5, 5.41) is 6.99. The topological polar surface area (TPSA) is 101 Å². The number of aryl methyl sites for hydroxylation is 1. The van der Waals surface area contributed by atoms with E-state index in [4.69, 9.17) is 4.74 Å². The Labute approximate surface area is 160 Å². The lowest BCUT2D eigenvalue weighted by Gasteiger charge is -2.28. The van der Waals surface area contributed by atoms with E-state index in [0.29, 0.717) is 11.9 Å². The third-order valence-corrected chi connectivity index (χ3v) is 5.33. The molecule has 1 aliphatic rings. The average molecular weight is 384 g/mol. The van der Waals surface area contributed by atoms with Crippen LogP contribution in [0.4, 0.5) is 22.7 Å². The Kier molecular flexibility index (Phi) is 5.07. The molecule has 3 aromatic heterocycles. The van der Waals surface area contributed by atoms with Crippen LogP contribution in [-0.4, -0.2) is 58.3 Å². The Balaban J connectivity index is 1.50. The number of rotatable bonds is 5. The van der Waals surface area contributed by atoms with E-state index in [9.17, 15) is 0 Å². The number of nitrogens with zero attached hydrogens (tertiary/aromatic N) is 6. The first-order valence-corrected chi connectivity index (χ1v) is 9.45. The molecule has 0 radical (unpaired) electrons. The summed E-state index contributed by atoms with van der Waals surface area (Å²) in [5.74, 6) is 0.909. The minimum absolute atomic E-state index is 0.449. The predicted molar refractivity (Wildman–Crippen MR) is 106 cm³/mol. The third-order valence-electron chi connectivity index (χ3n) is 4.14. The molecule has 0 spiro atoms. The molecule has 0 bridgehead atoms. The number of thiazole rings is 1. The van der Waals surface area contributed by atoms with Crippen molar-refractivity contribution in [1.29, 1.82) is 0 Å². The lowest BCUT2D eigenvalue weighted by Crippen LogP contribution is -2.36. The van der Waals surface area contributed by atoms with Crippen molar-refractivity contribution in [1.82, 2.24) is 24.9 Å². The van der Waals surface area contributed by atoms with Crippen molar-refractivity contribution in [3.63, 3.8) is 0 Å². The molecule has 2 N–H and O–H groups in total. The molecule has 1 aliphatic heterocycles. The first-order valence-electron chi connectivity index (χ1n) is 8.63. The minimum Gasteiger partial charge on any atom is -0.378 e. The molecule has 140 valence electrons. The zero-order valence-corrected chi connectivity index (χ0v) is 16.0. The predicted octanol–water partition coefficient (Wildman–Crippen LogP) is 2.32. The van der Waals surface area contributed by atoms with E-state index in [-0.39, 0.29) is 0 Å². The van der Waals surface area contributed by atoms with Crippen LogP contribution in [0.15, 0.2) is 24.7 Å². The summed E-state index contributed by atoms with van der Waals surface area (Å²) in [5.41, 5.74) is 2.73. The van der Waals surface area contributed by atoms with Crippen molar-refractivity contribution in [2.24, 2.45) is 0 Å². The van der Waals surface area contributed by atoms with Gasteiger partial charge in [0.2, 0.25) is 11.9 Å². The van der Waals surface area contributed by atoms with E-state index in [1.165, 1.54) is 0 Å². The van der Waals surface area contributed by atoms with Crippen LogP contribution in [0.3, 0.4) is 0 Å². The second-order valence-electron chi connectivity index (χ2n) is 5.94. The smallest absolute Gasteiger partial charge is 0.230 e. The standard InChI is InChI=1S/C17H20N8OS/c1-11-14(27-17(18-2)22-11)13-3-4-19-16(23-13)24-15-20-9-12(10-21-15)25-5-7-26-8-6-25/h3-4,9-10H,5-8H2,1-2H3,(H,18,22)(H,19,20,21,23,24). The van der Waals surface area contributed by atoms with E-state index in [2.05, 4.69) is 40.5 Å². The molecule has 3 aromatic rings. The van der Waals surface area contributed by atoms with Gasteiger partial charge in [-0.3, -0.25) is 5.32 Å². The van der Waals surface area contributed by atoms with Crippen LogP contribution >= 0.6 is 11.3 Å². The van der Waals surface area contributed by atoms with Gasteiger partial charge in [0.25, 0.3) is 0 Å². The normalized spacial score (nSPS) is 14.2. The minimum atomic E-state index is 0.449. The van der Waals surface area contributed by atoms with Crippen molar-refractivity contribution in [3.8, 4) is 10.6 Å². The Morgan fingerprint density at radius 1 is 1.07 bits per heavy atom. The molecular weight excluding hydrogens is 364 g/mol. The Hall–Kier alpha value is -2.85. The van der Waals surface area contributed by atoms with Gasteiger partial charge < -0.3 is 15.0 Å². The highest BCUT2D eigenvalue weighted by Gasteiger charge is 2.13. The highest BCUT2D eigenvalue weighted by atomic mass is 32.1. The summed E-state index contributed by atoms with van der Waals surface area (Å²) in [4.78, 5) is 25.3. The average Bonchev–Trinajstić information content (AvgIpc) is 3.10. The number of morpholine rings is 1. The first-order chi connectivity index (χ1) is 13.2.